The Kier molecular flexibility index (Phi) is 6.50. The average molecular weight is 442 g/mol. The van der Waals surface area contributed by atoms with Crippen LogP contribution in [0.15, 0.2) is 82.5 Å². The third-order valence-corrected chi connectivity index (χ3v) is 6.08. The number of carbonyl (C=O) groups is 1. The molecule has 3 rings (SSSR count). The van der Waals surface area contributed by atoms with E-state index >= 15 is 0 Å². The molecule has 0 radical (unpaired) electrons. The summed E-state index contributed by atoms with van der Waals surface area (Å²) in [6.45, 7) is 7.64. The second kappa shape index (κ2) is 9.09. The third-order valence-electron chi connectivity index (χ3n) is 4.43. The zero-order chi connectivity index (χ0) is 22.6. The monoisotopic (exact) mass is 441 g/mol. The SMILES string of the molecule is C=C(C)CN(c1cc(C)ccc1OCc1ccc(C(=O)O)cc1)S(=O)(=O)c1ccco1. The number of aromatic carboxylic acids is 1. The third kappa shape index (κ3) is 5.16. The lowest BCUT2D eigenvalue weighted by Crippen LogP contribution is -2.32. The fourth-order valence-electron chi connectivity index (χ4n) is 2.91. The van der Waals surface area contributed by atoms with Crippen molar-refractivity contribution in [3.05, 3.63) is 89.7 Å². The molecule has 3 aromatic rings. The van der Waals surface area contributed by atoms with Gasteiger partial charge in [0.2, 0.25) is 5.09 Å². The Labute approximate surface area is 181 Å². The molecule has 0 amide bonds. The van der Waals surface area contributed by atoms with Crippen LogP contribution >= 0.6 is 0 Å². The van der Waals surface area contributed by atoms with Gasteiger partial charge in [-0.3, -0.25) is 4.31 Å². The van der Waals surface area contributed by atoms with Gasteiger partial charge < -0.3 is 14.3 Å². The summed E-state index contributed by atoms with van der Waals surface area (Å²) in [5, 5.41) is 8.85. The van der Waals surface area contributed by atoms with Gasteiger partial charge in [0.15, 0.2) is 0 Å². The van der Waals surface area contributed by atoms with Crippen LogP contribution in [0, 0.1) is 6.92 Å². The summed E-state index contributed by atoms with van der Waals surface area (Å²) in [5.41, 5.74) is 2.79. The van der Waals surface area contributed by atoms with E-state index in [2.05, 4.69) is 6.58 Å². The topological polar surface area (TPSA) is 97.0 Å². The summed E-state index contributed by atoms with van der Waals surface area (Å²) in [6, 6.07) is 14.5. The Bertz CT molecular complexity index is 1180. The van der Waals surface area contributed by atoms with Crippen LogP contribution in [0.5, 0.6) is 5.75 Å². The van der Waals surface area contributed by atoms with Crippen molar-refractivity contribution in [3.63, 3.8) is 0 Å². The summed E-state index contributed by atoms with van der Waals surface area (Å²) in [5.74, 6) is -0.642. The lowest BCUT2D eigenvalue weighted by atomic mass is 10.1. The van der Waals surface area contributed by atoms with Crippen molar-refractivity contribution >= 4 is 21.7 Å². The molecule has 0 fully saturated rings. The molecule has 0 aliphatic heterocycles. The van der Waals surface area contributed by atoms with Crippen molar-refractivity contribution in [2.24, 2.45) is 0 Å². The largest absolute Gasteiger partial charge is 0.487 e. The van der Waals surface area contributed by atoms with Crippen molar-refractivity contribution in [3.8, 4) is 5.75 Å². The molecule has 1 aromatic heterocycles. The van der Waals surface area contributed by atoms with Crippen LogP contribution in [-0.4, -0.2) is 26.0 Å². The van der Waals surface area contributed by atoms with Crippen LogP contribution in [-0.2, 0) is 16.6 Å². The molecule has 0 aliphatic rings. The molecule has 0 saturated carbocycles. The van der Waals surface area contributed by atoms with E-state index < -0.39 is 16.0 Å². The Morgan fingerprint density at radius 3 is 2.45 bits per heavy atom. The Morgan fingerprint density at radius 1 is 1.16 bits per heavy atom. The molecule has 31 heavy (non-hydrogen) atoms. The number of rotatable bonds is 9. The molecule has 162 valence electrons. The normalized spacial score (nSPS) is 11.2. The van der Waals surface area contributed by atoms with Gasteiger partial charge in [-0.15, -0.1) is 0 Å². The second-order valence-corrected chi connectivity index (χ2v) is 8.96. The minimum absolute atomic E-state index is 0.0517. The van der Waals surface area contributed by atoms with Crippen molar-refractivity contribution < 1.29 is 27.5 Å². The van der Waals surface area contributed by atoms with E-state index in [1.54, 1.807) is 31.2 Å². The van der Waals surface area contributed by atoms with E-state index in [0.717, 1.165) is 11.1 Å². The first kappa shape index (κ1) is 22.2. The first-order valence-corrected chi connectivity index (χ1v) is 10.9. The summed E-state index contributed by atoms with van der Waals surface area (Å²) in [7, 11) is -3.98. The van der Waals surface area contributed by atoms with Crippen LogP contribution in [0.1, 0.15) is 28.4 Å². The van der Waals surface area contributed by atoms with E-state index in [0.29, 0.717) is 17.0 Å². The number of carboxylic acids is 1. The highest BCUT2D eigenvalue weighted by molar-refractivity contribution is 7.92. The van der Waals surface area contributed by atoms with Gasteiger partial charge in [0.1, 0.15) is 12.4 Å². The predicted octanol–water partition coefficient (Wildman–Crippen LogP) is 4.64. The second-order valence-electron chi connectivity index (χ2n) is 7.16. The molecule has 0 atom stereocenters. The number of hydrogen-bond acceptors (Lipinski definition) is 5. The minimum atomic E-state index is -3.98. The summed E-state index contributed by atoms with van der Waals surface area (Å²) >= 11 is 0. The molecule has 0 unspecified atom stereocenters. The quantitative estimate of drug-likeness (QED) is 0.486. The molecule has 0 bridgehead atoms. The molecular weight excluding hydrogens is 418 g/mol. The summed E-state index contributed by atoms with van der Waals surface area (Å²) in [4.78, 5) is 11.0. The maximum absolute atomic E-state index is 13.2. The van der Waals surface area contributed by atoms with Crippen molar-refractivity contribution in [2.75, 3.05) is 10.8 Å². The predicted molar refractivity (Wildman–Crippen MR) is 117 cm³/mol. The number of aryl methyl sites for hydroxylation is 1. The van der Waals surface area contributed by atoms with E-state index in [4.69, 9.17) is 14.3 Å². The fourth-order valence-corrected chi connectivity index (χ4v) is 4.35. The van der Waals surface area contributed by atoms with Crippen LogP contribution in [0.4, 0.5) is 5.69 Å². The molecule has 8 heteroatoms. The first-order valence-electron chi connectivity index (χ1n) is 9.45. The molecular formula is C23H23NO6S. The smallest absolute Gasteiger partial charge is 0.335 e. The van der Waals surface area contributed by atoms with Crippen LogP contribution in [0.25, 0.3) is 0 Å². The molecule has 1 N–H and O–H groups in total. The molecule has 0 aliphatic carbocycles. The highest BCUT2D eigenvalue weighted by atomic mass is 32.2. The van der Waals surface area contributed by atoms with Gasteiger partial charge in [0.05, 0.1) is 24.1 Å². The van der Waals surface area contributed by atoms with Gasteiger partial charge in [0.25, 0.3) is 10.0 Å². The van der Waals surface area contributed by atoms with Gasteiger partial charge >= 0.3 is 5.97 Å². The van der Waals surface area contributed by atoms with E-state index in [9.17, 15) is 13.2 Å². The van der Waals surface area contributed by atoms with Crippen LogP contribution < -0.4 is 9.04 Å². The van der Waals surface area contributed by atoms with Crippen LogP contribution in [0.2, 0.25) is 0 Å². The number of sulfonamides is 1. The maximum Gasteiger partial charge on any atom is 0.335 e. The van der Waals surface area contributed by atoms with Crippen LogP contribution in [0.3, 0.4) is 0 Å². The van der Waals surface area contributed by atoms with Gasteiger partial charge in [-0.1, -0.05) is 30.4 Å². The fraction of sp³-hybridized carbons (Fsp3) is 0.174. The first-order chi connectivity index (χ1) is 14.7. The number of nitrogens with zero attached hydrogens (tertiary/aromatic N) is 1. The number of ether oxygens (including phenoxy) is 1. The van der Waals surface area contributed by atoms with Crippen molar-refractivity contribution in [1.82, 2.24) is 0 Å². The van der Waals surface area contributed by atoms with Gasteiger partial charge in [-0.2, -0.15) is 8.42 Å². The van der Waals surface area contributed by atoms with Crippen molar-refractivity contribution in [2.45, 2.75) is 25.5 Å². The maximum atomic E-state index is 13.2. The standard InChI is InChI=1S/C23H23NO6S/c1-16(2)14-24(31(27,28)22-5-4-12-29-22)20-13-17(3)6-11-21(20)30-15-18-7-9-19(10-8-18)23(25)26/h4-13H,1,14-15H2,2-3H3,(H,25,26). The zero-order valence-electron chi connectivity index (χ0n) is 17.2. The number of benzene rings is 2. The zero-order valence-corrected chi connectivity index (χ0v) is 18.1. The number of anilines is 1. The Morgan fingerprint density at radius 2 is 1.87 bits per heavy atom. The Hall–Kier alpha value is -3.52. The number of carboxylic acid groups (broad SMARTS) is 1. The highest BCUT2D eigenvalue weighted by Crippen LogP contribution is 2.34. The molecule has 2 aromatic carbocycles. The molecule has 7 nitrogen and oxygen atoms in total. The highest BCUT2D eigenvalue weighted by Gasteiger charge is 2.30. The average Bonchev–Trinajstić information content (AvgIpc) is 3.27. The van der Waals surface area contributed by atoms with Crippen molar-refractivity contribution in [1.29, 1.82) is 0 Å². The summed E-state index contributed by atoms with van der Waals surface area (Å²) < 4.78 is 38.8. The summed E-state index contributed by atoms with van der Waals surface area (Å²) in [6.07, 6.45) is 1.31. The lowest BCUT2D eigenvalue weighted by Gasteiger charge is -2.26. The lowest BCUT2D eigenvalue weighted by molar-refractivity contribution is 0.0697. The Balaban J connectivity index is 1.96. The van der Waals surface area contributed by atoms with Gasteiger partial charge in [-0.05, 0) is 61.4 Å². The molecule has 0 spiro atoms. The molecule has 0 saturated heterocycles. The van der Waals surface area contributed by atoms with E-state index in [-0.39, 0.29) is 23.8 Å². The van der Waals surface area contributed by atoms with Gasteiger partial charge in [-0.25, -0.2) is 4.79 Å². The minimum Gasteiger partial charge on any atom is -0.487 e. The van der Waals surface area contributed by atoms with E-state index in [1.165, 1.54) is 34.8 Å². The number of furan rings is 1. The van der Waals surface area contributed by atoms with E-state index in [1.807, 2.05) is 13.0 Å². The molecule has 1 heterocycles. The number of hydrogen-bond donors (Lipinski definition) is 1. The van der Waals surface area contributed by atoms with Gasteiger partial charge in [0, 0.05) is 0 Å².